The van der Waals surface area contributed by atoms with Crippen molar-refractivity contribution < 1.29 is 9.84 Å². The maximum Gasteiger partial charge on any atom is 0.0847 e. The first-order valence-electron chi connectivity index (χ1n) is 5.56. The maximum atomic E-state index is 8.89. The summed E-state index contributed by atoms with van der Waals surface area (Å²) in [6, 6.07) is 0. The lowest BCUT2D eigenvalue weighted by atomic mass is 9.93. The predicted molar refractivity (Wildman–Crippen MR) is 60.3 cm³/mol. The van der Waals surface area contributed by atoms with Crippen molar-refractivity contribution in [1.82, 2.24) is 0 Å². The molecule has 0 bridgehead atoms. The van der Waals surface area contributed by atoms with Gasteiger partial charge in [0.2, 0.25) is 0 Å². The van der Waals surface area contributed by atoms with Gasteiger partial charge in [0.05, 0.1) is 19.3 Å². The van der Waals surface area contributed by atoms with Crippen LogP contribution < -0.4 is 0 Å². The first-order valence-corrected chi connectivity index (χ1v) is 5.56. The van der Waals surface area contributed by atoms with Gasteiger partial charge in [0.1, 0.15) is 0 Å². The lowest BCUT2D eigenvalue weighted by Crippen LogP contribution is -2.26. The molecule has 0 saturated carbocycles. The molecular weight excluding hydrogens is 176 g/mol. The van der Waals surface area contributed by atoms with E-state index >= 15 is 0 Å². The maximum absolute atomic E-state index is 8.89. The quantitative estimate of drug-likeness (QED) is 0.694. The Morgan fingerprint density at radius 1 is 1.43 bits per heavy atom. The van der Waals surface area contributed by atoms with Gasteiger partial charge in [0.15, 0.2) is 0 Å². The summed E-state index contributed by atoms with van der Waals surface area (Å²) >= 11 is 0. The van der Waals surface area contributed by atoms with Crippen LogP contribution in [0.4, 0.5) is 0 Å². The molecule has 0 spiro atoms. The Kier molecular flexibility index (Phi) is 6.85. The third-order valence-corrected chi connectivity index (χ3v) is 2.46. The minimum Gasteiger partial charge on any atom is -0.394 e. The summed E-state index contributed by atoms with van der Waals surface area (Å²) < 4.78 is 5.46. The number of aliphatic hydroxyl groups excluding tert-OH is 1. The normalized spacial score (nSPS) is 22.1. The van der Waals surface area contributed by atoms with Gasteiger partial charge in [0.25, 0.3) is 0 Å². The predicted octanol–water partition coefficient (Wildman–Crippen LogP) is 2.77. The van der Waals surface area contributed by atoms with Crippen LogP contribution in [0.25, 0.3) is 0 Å². The molecule has 0 fully saturated rings. The first kappa shape index (κ1) is 13.7. The zero-order chi connectivity index (χ0) is 11.1. The van der Waals surface area contributed by atoms with Crippen molar-refractivity contribution in [3.05, 3.63) is 11.1 Å². The third-order valence-electron chi connectivity index (χ3n) is 2.46. The molecule has 1 unspecified atom stereocenters. The molecule has 1 rings (SSSR count). The van der Waals surface area contributed by atoms with Crippen molar-refractivity contribution in [2.75, 3.05) is 13.2 Å². The van der Waals surface area contributed by atoms with Gasteiger partial charge in [-0.05, 0) is 24.8 Å². The Hall–Kier alpha value is -0.340. The topological polar surface area (TPSA) is 29.5 Å². The molecule has 1 aliphatic rings. The number of aliphatic hydroxyl groups is 1. The van der Waals surface area contributed by atoms with Crippen LogP contribution in [0.15, 0.2) is 11.1 Å². The van der Waals surface area contributed by atoms with Gasteiger partial charge in [0, 0.05) is 0 Å². The van der Waals surface area contributed by atoms with E-state index in [4.69, 9.17) is 9.84 Å². The smallest absolute Gasteiger partial charge is 0.0847 e. The van der Waals surface area contributed by atoms with E-state index in [1.807, 2.05) is 13.8 Å². The second kappa shape index (κ2) is 7.02. The zero-order valence-corrected chi connectivity index (χ0v) is 10.1. The Balaban J connectivity index is 0.000000791. The Morgan fingerprint density at radius 2 is 2.00 bits per heavy atom. The first-order chi connectivity index (χ1) is 6.65. The SMILES string of the molecule is CC.CC1=C(C(C)C)COC(CO)C1. The molecule has 1 aliphatic heterocycles. The van der Waals surface area contributed by atoms with E-state index in [2.05, 4.69) is 20.8 Å². The molecule has 0 saturated heterocycles. The Bertz CT molecular complexity index is 183. The van der Waals surface area contributed by atoms with Gasteiger partial charge in [-0.15, -0.1) is 0 Å². The van der Waals surface area contributed by atoms with E-state index in [0.29, 0.717) is 12.5 Å². The Morgan fingerprint density at radius 3 is 2.36 bits per heavy atom. The van der Waals surface area contributed by atoms with Gasteiger partial charge in [-0.2, -0.15) is 0 Å². The fraction of sp³-hybridized carbons (Fsp3) is 0.833. The highest BCUT2D eigenvalue weighted by Gasteiger charge is 2.19. The second-order valence-corrected chi connectivity index (χ2v) is 3.78. The van der Waals surface area contributed by atoms with E-state index in [9.17, 15) is 0 Å². The summed E-state index contributed by atoms with van der Waals surface area (Å²) in [4.78, 5) is 0. The summed E-state index contributed by atoms with van der Waals surface area (Å²) in [5.41, 5.74) is 2.80. The van der Waals surface area contributed by atoms with Gasteiger partial charge >= 0.3 is 0 Å². The van der Waals surface area contributed by atoms with Crippen LogP contribution >= 0.6 is 0 Å². The molecule has 0 aromatic heterocycles. The fourth-order valence-corrected chi connectivity index (χ4v) is 1.64. The van der Waals surface area contributed by atoms with E-state index in [-0.39, 0.29) is 12.7 Å². The molecule has 1 N–H and O–H groups in total. The monoisotopic (exact) mass is 200 g/mol. The summed E-state index contributed by atoms with van der Waals surface area (Å²) in [6.07, 6.45) is 0.928. The minimum atomic E-state index is 0.0347. The summed E-state index contributed by atoms with van der Waals surface area (Å²) in [5.74, 6) is 0.574. The van der Waals surface area contributed by atoms with Crippen LogP contribution in [0.3, 0.4) is 0 Å². The molecule has 0 aromatic rings. The molecule has 84 valence electrons. The second-order valence-electron chi connectivity index (χ2n) is 3.78. The van der Waals surface area contributed by atoms with Crippen LogP contribution in [0.1, 0.15) is 41.0 Å². The molecule has 14 heavy (non-hydrogen) atoms. The fourth-order valence-electron chi connectivity index (χ4n) is 1.64. The number of rotatable bonds is 2. The van der Waals surface area contributed by atoms with Crippen LogP contribution in [0.2, 0.25) is 0 Å². The van der Waals surface area contributed by atoms with E-state index in [1.165, 1.54) is 11.1 Å². The lowest BCUT2D eigenvalue weighted by Gasteiger charge is -2.27. The molecule has 0 radical (unpaired) electrons. The van der Waals surface area contributed by atoms with Gasteiger partial charge in [-0.25, -0.2) is 0 Å². The standard InChI is InChI=1S/C10H18O2.C2H6/c1-7(2)10-6-12-9(5-11)4-8(10)3;1-2/h7,9,11H,4-6H2,1-3H3;1-2H3. The van der Waals surface area contributed by atoms with Crippen LogP contribution in [0, 0.1) is 5.92 Å². The largest absolute Gasteiger partial charge is 0.394 e. The van der Waals surface area contributed by atoms with E-state index < -0.39 is 0 Å². The number of hydrogen-bond acceptors (Lipinski definition) is 2. The molecule has 1 heterocycles. The molecule has 2 nitrogen and oxygen atoms in total. The molecular formula is C12H24O2. The van der Waals surface area contributed by atoms with E-state index in [1.54, 1.807) is 0 Å². The van der Waals surface area contributed by atoms with Crippen LogP contribution in [0.5, 0.6) is 0 Å². The van der Waals surface area contributed by atoms with Crippen molar-refractivity contribution in [2.45, 2.75) is 47.1 Å². The molecule has 0 aliphatic carbocycles. The minimum absolute atomic E-state index is 0.0347. The zero-order valence-electron chi connectivity index (χ0n) is 10.1. The van der Waals surface area contributed by atoms with Crippen LogP contribution in [-0.2, 0) is 4.74 Å². The summed E-state index contributed by atoms with van der Waals surface area (Å²) in [6.45, 7) is 11.3. The van der Waals surface area contributed by atoms with E-state index in [0.717, 1.165) is 6.42 Å². The summed E-state index contributed by atoms with van der Waals surface area (Å²) in [5, 5.41) is 8.89. The number of hydrogen-bond donors (Lipinski definition) is 1. The average Bonchev–Trinajstić information content (AvgIpc) is 2.20. The van der Waals surface area contributed by atoms with Crippen LogP contribution in [-0.4, -0.2) is 24.4 Å². The van der Waals surface area contributed by atoms with Crippen molar-refractivity contribution in [1.29, 1.82) is 0 Å². The van der Waals surface area contributed by atoms with Crippen molar-refractivity contribution in [2.24, 2.45) is 5.92 Å². The number of ether oxygens (including phenoxy) is 1. The highest BCUT2D eigenvalue weighted by Crippen LogP contribution is 2.24. The van der Waals surface area contributed by atoms with Crippen molar-refractivity contribution >= 4 is 0 Å². The molecule has 0 aromatic carbocycles. The lowest BCUT2D eigenvalue weighted by molar-refractivity contribution is 0.0135. The highest BCUT2D eigenvalue weighted by molar-refractivity contribution is 5.17. The van der Waals surface area contributed by atoms with Crippen molar-refractivity contribution in [3.63, 3.8) is 0 Å². The molecule has 1 atom stereocenters. The molecule has 0 amide bonds. The summed E-state index contributed by atoms with van der Waals surface area (Å²) in [7, 11) is 0. The highest BCUT2D eigenvalue weighted by atomic mass is 16.5. The van der Waals surface area contributed by atoms with Gasteiger partial charge in [-0.3, -0.25) is 0 Å². The third kappa shape index (κ3) is 3.81. The van der Waals surface area contributed by atoms with Gasteiger partial charge in [-0.1, -0.05) is 33.3 Å². The average molecular weight is 200 g/mol. The van der Waals surface area contributed by atoms with Gasteiger partial charge < -0.3 is 9.84 Å². The Labute approximate surface area is 88.0 Å². The molecule has 2 heteroatoms. The van der Waals surface area contributed by atoms with Crippen molar-refractivity contribution in [3.8, 4) is 0 Å².